The Balaban J connectivity index is 0.000000361. The molecule has 1 aliphatic rings. The summed E-state index contributed by atoms with van der Waals surface area (Å²) in [6.07, 6.45) is 15.9. The van der Waals surface area contributed by atoms with Gasteiger partial charge in [0.25, 0.3) is 0 Å². The monoisotopic (exact) mass is 838 g/mol. The maximum atomic E-state index is 13.0. The van der Waals surface area contributed by atoms with Gasteiger partial charge in [-0.2, -0.15) is 0 Å². The van der Waals surface area contributed by atoms with Gasteiger partial charge >= 0.3 is 0 Å². The topological polar surface area (TPSA) is 89.7 Å². The molecule has 0 saturated heterocycles. The largest absolute Gasteiger partial charge is 0.265 e. The van der Waals surface area contributed by atoms with Crippen LogP contribution in [-0.2, 0) is 27.1 Å². The van der Waals surface area contributed by atoms with Gasteiger partial charge in [-0.15, -0.1) is 11.3 Å². The van der Waals surface area contributed by atoms with Crippen LogP contribution in [0.4, 0.5) is 4.39 Å². The van der Waals surface area contributed by atoms with E-state index < -0.39 is 0 Å². The van der Waals surface area contributed by atoms with E-state index in [1.807, 2.05) is 69.2 Å². The van der Waals surface area contributed by atoms with Crippen LogP contribution in [0, 0.1) is 18.2 Å². The van der Waals surface area contributed by atoms with E-state index in [1.165, 1.54) is 22.3 Å². The first-order valence-corrected chi connectivity index (χ1v) is 21.7. The van der Waals surface area contributed by atoms with E-state index in [2.05, 4.69) is 170 Å². The van der Waals surface area contributed by atoms with Crippen LogP contribution in [-0.4, -0.2) is 36.1 Å². The predicted octanol–water partition coefficient (Wildman–Crippen LogP) is 14.2. The van der Waals surface area contributed by atoms with Crippen molar-refractivity contribution in [3.05, 3.63) is 142 Å². The molecule has 0 radical (unpaired) electrons. The third-order valence-electron chi connectivity index (χ3n) is 8.31. The Bertz CT molecular complexity index is 1920. The molecule has 0 aromatic carbocycles. The summed E-state index contributed by atoms with van der Waals surface area (Å²) in [6.45, 7) is 40.2. The smallest absolute Gasteiger partial charge is 0.145 e. The van der Waals surface area contributed by atoms with Gasteiger partial charge in [-0.3, -0.25) is 19.9 Å². The first kappa shape index (κ1) is 53.5. The third-order valence-corrected chi connectivity index (χ3v) is 9.51. The number of halogens is 1. The van der Waals surface area contributed by atoms with Crippen LogP contribution in [0.1, 0.15) is 165 Å². The van der Waals surface area contributed by atoms with E-state index in [0.717, 1.165) is 23.6 Å². The van der Waals surface area contributed by atoms with Crippen molar-refractivity contribution in [2.24, 2.45) is 10.4 Å². The molecule has 5 aromatic rings. The zero-order valence-electron chi connectivity index (χ0n) is 40.4. The maximum Gasteiger partial charge on any atom is 0.145 e. The molecular weight excluding hydrogens is 762 g/mol. The summed E-state index contributed by atoms with van der Waals surface area (Å²) >= 11 is 1.72. The van der Waals surface area contributed by atoms with Gasteiger partial charge in [0, 0.05) is 105 Å². The molecule has 5 aromatic heterocycles. The summed E-state index contributed by atoms with van der Waals surface area (Å²) < 4.78 is 13.0. The molecule has 0 unspecified atom stereocenters. The summed E-state index contributed by atoms with van der Waals surface area (Å²) in [6, 6.07) is 15.1. The average molecular weight is 838 g/mol. The SMILES string of the molecule is CC(C)(C)C1=CCC=N1.CC(C)(C)c1ccccn1.CC(C)(C)c1ncccc1F.CC(C)(C)c1ncccn1.CC(C)(C)c1nccs1.Cc1ccc(C(C)(C)C)nc1. The number of rotatable bonds is 0. The maximum absolute atomic E-state index is 13.0. The van der Waals surface area contributed by atoms with Crippen LogP contribution < -0.4 is 0 Å². The van der Waals surface area contributed by atoms with E-state index in [4.69, 9.17) is 0 Å². The molecule has 1 aliphatic heterocycles. The molecule has 0 saturated carbocycles. The molecule has 0 aliphatic carbocycles. The van der Waals surface area contributed by atoms with Gasteiger partial charge in [-0.25, -0.2) is 19.3 Å². The zero-order chi connectivity index (χ0) is 46.0. The summed E-state index contributed by atoms with van der Waals surface area (Å²) in [5, 5.41) is 3.23. The van der Waals surface area contributed by atoms with Crippen LogP contribution in [0.25, 0.3) is 0 Å². The van der Waals surface area contributed by atoms with E-state index in [0.29, 0.717) is 5.69 Å². The number of nitrogens with zero attached hydrogens (tertiary/aromatic N) is 7. The van der Waals surface area contributed by atoms with Crippen molar-refractivity contribution in [2.45, 2.75) is 165 Å². The lowest BCUT2D eigenvalue weighted by atomic mass is 9.91. The van der Waals surface area contributed by atoms with Gasteiger partial charge in [-0.1, -0.05) is 143 Å². The van der Waals surface area contributed by atoms with Gasteiger partial charge in [0.2, 0.25) is 0 Å². The number of aliphatic imine (C=N–C) groups is 1. The van der Waals surface area contributed by atoms with Crippen molar-refractivity contribution >= 4 is 17.6 Å². The van der Waals surface area contributed by atoms with E-state index in [-0.39, 0.29) is 38.3 Å². The zero-order valence-corrected chi connectivity index (χ0v) is 41.3. The van der Waals surface area contributed by atoms with Crippen LogP contribution in [0.2, 0.25) is 0 Å². The lowest BCUT2D eigenvalue weighted by Crippen LogP contribution is -2.15. The second-order valence-electron chi connectivity index (χ2n) is 20.8. The Morgan fingerprint density at radius 3 is 1.37 bits per heavy atom. The van der Waals surface area contributed by atoms with Gasteiger partial charge in [0.15, 0.2) is 0 Å². The molecule has 9 heteroatoms. The van der Waals surface area contributed by atoms with E-state index >= 15 is 0 Å². The fourth-order valence-electron chi connectivity index (χ4n) is 4.80. The molecule has 0 bridgehead atoms. The Morgan fingerprint density at radius 2 is 1.07 bits per heavy atom. The van der Waals surface area contributed by atoms with Crippen LogP contribution >= 0.6 is 11.3 Å². The minimum Gasteiger partial charge on any atom is -0.265 e. The Kier molecular flexibility index (Phi) is 20.9. The summed E-state index contributed by atoms with van der Waals surface area (Å²) in [4.78, 5) is 29.3. The van der Waals surface area contributed by atoms with Gasteiger partial charge in [-0.05, 0) is 48.9 Å². The predicted molar refractivity (Wildman–Crippen MR) is 256 cm³/mol. The Morgan fingerprint density at radius 1 is 0.500 bits per heavy atom. The van der Waals surface area contributed by atoms with Gasteiger partial charge in [0.1, 0.15) is 11.6 Å². The van der Waals surface area contributed by atoms with Crippen LogP contribution in [0.5, 0.6) is 0 Å². The summed E-state index contributed by atoms with van der Waals surface area (Å²) in [5.74, 6) is 0.676. The summed E-state index contributed by atoms with van der Waals surface area (Å²) in [5.41, 5.74) is 5.97. The van der Waals surface area contributed by atoms with Gasteiger partial charge in [0.05, 0.1) is 10.7 Å². The highest BCUT2D eigenvalue weighted by Gasteiger charge is 2.20. The van der Waals surface area contributed by atoms with Crippen molar-refractivity contribution in [3.63, 3.8) is 0 Å². The normalized spacial score (nSPS) is 12.6. The lowest BCUT2D eigenvalue weighted by Gasteiger charge is -2.17. The first-order valence-electron chi connectivity index (χ1n) is 20.8. The van der Waals surface area contributed by atoms with Crippen molar-refractivity contribution in [2.75, 3.05) is 0 Å². The van der Waals surface area contributed by atoms with E-state index in [9.17, 15) is 4.39 Å². The number of aryl methyl sites for hydroxylation is 1. The van der Waals surface area contributed by atoms with Crippen molar-refractivity contribution < 1.29 is 4.39 Å². The molecule has 6 heterocycles. The minimum atomic E-state index is -0.222. The van der Waals surface area contributed by atoms with Crippen LogP contribution in [0.15, 0.2) is 108 Å². The molecule has 60 heavy (non-hydrogen) atoms. The molecule has 0 N–H and O–H groups in total. The van der Waals surface area contributed by atoms with Crippen molar-refractivity contribution in [1.82, 2.24) is 29.9 Å². The second kappa shape index (κ2) is 23.5. The molecule has 328 valence electrons. The molecule has 0 fully saturated rings. The molecule has 0 atom stereocenters. The first-order chi connectivity index (χ1) is 27.4. The highest BCUT2D eigenvalue weighted by molar-refractivity contribution is 7.09. The number of pyridine rings is 3. The standard InChI is InChI=1S/C10H15N.C9H12FN.C9H13N.C8H12N2.C8H13N.C7H11NS/c1-8-5-6-9(11-7-8)10(2,3)4;1-9(2,3)8-7(10)5-4-6-11-8;1-9(2,3)8-6-4-5-7-10-8;1-8(2,3)7-9-5-4-6-10-7;1-8(2,3)7-5-4-6-9-7;1-7(2,3)6-8-4-5-9-6/h5-7H,1-4H3;4-6H,1-3H3;4-7H,1-3H3;4-6H,1-3H3;5-6H,4H2,1-3H3;4-5H,1-3H3. The highest BCUT2D eigenvalue weighted by Crippen LogP contribution is 2.28. The van der Waals surface area contributed by atoms with Crippen molar-refractivity contribution in [1.29, 1.82) is 0 Å². The van der Waals surface area contributed by atoms with Crippen LogP contribution in [0.3, 0.4) is 0 Å². The number of thiazole rings is 1. The molecular formula is C51H76FN7S. The van der Waals surface area contributed by atoms with E-state index in [1.54, 1.807) is 36.0 Å². The Hall–Kier alpha value is -4.50. The van der Waals surface area contributed by atoms with Gasteiger partial charge < -0.3 is 0 Å². The quantitative estimate of drug-likeness (QED) is 0.154. The average Bonchev–Trinajstić information content (AvgIpc) is 3.89. The highest BCUT2D eigenvalue weighted by atomic mass is 32.1. The molecule has 6 rings (SSSR count). The van der Waals surface area contributed by atoms with Crippen molar-refractivity contribution in [3.8, 4) is 0 Å². The molecule has 7 nitrogen and oxygen atoms in total. The minimum absolute atomic E-state index is 0.0707. The number of allylic oxidation sites excluding steroid dienone is 2. The second-order valence-corrected chi connectivity index (χ2v) is 21.7. The fraction of sp³-hybridized carbons (Fsp3) is 0.510. The molecule has 0 amide bonds. The molecule has 0 spiro atoms. The number of aromatic nitrogens is 6. The summed E-state index contributed by atoms with van der Waals surface area (Å²) in [7, 11) is 0. The lowest BCUT2D eigenvalue weighted by molar-refractivity contribution is 0.500. The third kappa shape index (κ3) is 21.7. The number of hydrogen-bond donors (Lipinski definition) is 0. The Labute approximate surface area is 368 Å². The fourth-order valence-corrected chi connectivity index (χ4v) is 5.53. The number of hydrogen-bond acceptors (Lipinski definition) is 8.